The Kier molecular flexibility index (Phi) is 11.5. The van der Waals surface area contributed by atoms with Gasteiger partial charge in [-0.25, -0.2) is 0 Å². The van der Waals surface area contributed by atoms with Gasteiger partial charge in [-0.3, -0.25) is 0 Å². The van der Waals surface area contributed by atoms with Crippen molar-refractivity contribution in [1.29, 1.82) is 0 Å². The van der Waals surface area contributed by atoms with Gasteiger partial charge in [-0.15, -0.1) is 17.0 Å². The number of rotatable bonds is 4. The molecule has 54 valence electrons. The summed E-state index contributed by atoms with van der Waals surface area (Å²) in [6, 6.07) is 0. The highest BCUT2D eigenvalue weighted by Gasteiger charge is 1.94. The SMILES string of the molecule is Br.[B]OC(C)CCCC. The van der Waals surface area contributed by atoms with E-state index in [4.69, 9.17) is 8.05 Å². The summed E-state index contributed by atoms with van der Waals surface area (Å²) in [5.74, 6) is 0. The smallest absolute Gasteiger partial charge is 0.282 e. The number of hydrogen-bond acceptors (Lipinski definition) is 1. The Morgan fingerprint density at radius 2 is 2.11 bits per heavy atom. The topological polar surface area (TPSA) is 9.23 Å². The van der Waals surface area contributed by atoms with E-state index in [-0.39, 0.29) is 23.1 Å². The molecule has 0 heterocycles. The summed E-state index contributed by atoms with van der Waals surface area (Å²) in [5, 5.41) is 0. The van der Waals surface area contributed by atoms with Crippen LogP contribution in [0, 0.1) is 0 Å². The molecule has 0 aromatic heterocycles. The molecule has 0 N–H and O–H groups in total. The van der Waals surface area contributed by atoms with E-state index in [0.717, 1.165) is 6.42 Å². The zero-order valence-corrected chi connectivity index (χ0v) is 7.81. The van der Waals surface area contributed by atoms with Gasteiger partial charge in [0.2, 0.25) is 0 Å². The first-order valence-corrected chi connectivity index (χ1v) is 3.16. The Morgan fingerprint density at radius 1 is 1.56 bits per heavy atom. The zero-order valence-electron chi connectivity index (χ0n) is 6.09. The largest absolute Gasteiger partial charge is 0.445 e. The maximum absolute atomic E-state index is 4.91. The molecule has 0 saturated carbocycles. The first kappa shape index (κ1) is 12.2. The molecule has 0 rings (SSSR count). The lowest BCUT2D eigenvalue weighted by atomic mass is 10.2. The van der Waals surface area contributed by atoms with Crippen molar-refractivity contribution in [2.45, 2.75) is 39.2 Å². The number of hydrogen-bond donors (Lipinski definition) is 0. The molecule has 2 radical (unpaired) electrons. The van der Waals surface area contributed by atoms with Crippen molar-refractivity contribution in [3.63, 3.8) is 0 Å². The molecule has 1 nitrogen and oxygen atoms in total. The van der Waals surface area contributed by atoms with Gasteiger partial charge in [-0.1, -0.05) is 19.8 Å². The molecule has 0 aliphatic carbocycles. The quantitative estimate of drug-likeness (QED) is 0.622. The van der Waals surface area contributed by atoms with Crippen LogP contribution in [0.25, 0.3) is 0 Å². The maximum atomic E-state index is 4.91. The molecule has 1 atom stereocenters. The molecule has 0 fully saturated rings. The van der Waals surface area contributed by atoms with Crippen molar-refractivity contribution in [1.82, 2.24) is 0 Å². The molecule has 0 spiro atoms. The van der Waals surface area contributed by atoms with E-state index in [1.807, 2.05) is 6.92 Å². The van der Waals surface area contributed by atoms with Crippen LogP contribution >= 0.6 is 17.0 Å². The van der Waals surface area contributed by atoms with E-state index < -0.39 is 0 Å². The molecule has 0 aliphatic rings. The minimum atomic E-state index is 0. The highest BCUT2D eigenvalue weighted by atomic mass is 79.9. The van der Waals surface area contributed by atoms with Crippen molar-refractivity contribution < 1.29 is 4.65 Å². The second kappa shape index (κ2) is 8.50. The standard InChI is InChI=1S/C6H13BO.BrH/c1-3-4-5-6(2)8-7;/h6H,3-5H2,1-2H3;1H. The van der Waals surface area contributed by atoms with Crippen molar-refractivity contribution in [2.24, 2.45) is 0 Å². The van der Waals surface area contributed by atoms with Gasteiger partial charge in [0.05, 0.1) is 0 Å². The molecule has 3 heteroatoms. The third kappa shape index (κ3) is 8.50. The van der Waals surface area contributed by atoms with Gasteiger partial charge in [0, 0.05) is 6.10 Å². The summed E-state index contributed by atoms with van der Waals surface area (Å²) in [4.78, 5) is 0. The first-order valence-electron chi connectivity index (χ1n) is 3.16. The Hall–Kier alpha value is 0.505. The Labute approximate surface area is 69.4 Å². The zero-order chi connectivity index (χ0) is 6.41. The third-order valence-corrected chi connectivity index (χ3v) is 1.20. The molecule has 0 saturated heterocycles. The fourth-order valence-electron chi connectivity index (χ4n) is 0.560. The van der Waals surface area contributed by atoms with Crippen LogP contribution < -0.4 is 0 Å². The van der Waals surface area contributed by atoms with E-state index in [9.17, 15) is 0 Å². The minimum Gasteiger partial charge on any atom is -0.445 e. The summed E-state index contributed by atoms with van der Waals surface area (Å²) in [7, 11) is 4.91. The molecule has 0 amide bonds. The van der Waals surface area contributed by atoms with Gasteiger partial charge in [-0.05, 0) is 13.3 Å². The molecule has 0 aliphatic heterocycles. The second-order valence-electron chi connectivity index (χ2n) is 2.09. The Bertz CT molecular complexity index is 52.3. The predicted molar refractivity (Wildman–Crippen MR) is 46.1 cm³/mol. The maximum Gasteiger partial charge on any atom is 0.282 e. The molecular weight excluding hydrogens is 179 g/mol. The van der Waals surface area contributed by atoms with Gasteiger partial charge in [0.1, 0.15) is 0 Å². The highest BCUT2D eigenvalue weighted by molar-refractivity contribution is 8.93. The van der Waals surface area contributed by atoms with Gasteiger partial charge in [-0.2, -0.15) is 0 Å². The summed E-state index contributed by atoms with van der Waals surface area (Å²) in [6.45, 7) is 4.14. The van der Waals surface area contributed by atoms with Crippen molar-refractivity contribution in [3.05, 3.63) is 0 Å². The van der Waals surface area contributed by atoms with Gasteiger partial charge in [0.15, 0.2) is 0 Å². The van der Waals surface area contributed by atoms with Crippen LogP contribution in [-0.4, -0.2) is 14.2 Å². The van der Waals surface area contributed by atoms with Crippen LogP contribution in [0.15, 0.2) is 0 Å². The van der Waals surface area contributed by atoms with E-state index >= 15 is 0 Å². The van der Waals surface area contributed by atoms with E-state index in [1.54, 1.807) is 0 Å². The molecule has 9 heavy (non-hydrogen) atoms. The van der Waals surface area contributed by atoms with Crippen LogP contribution in [0.5, 0.6) is 0 Å². The Balaban J connectivity index is 0. The lowest BCUT2D eigenvalue weighted by Crippen LogP contribution is -2.04. The fraction of sp³-hybridized carbons (Fsp3) is 1.00. The van der Waals surface area contributed by atoms with Crippen LogP contribution in [0.3, 0.4) is 0 Å². The van der Waals surface area contributed by atoms with Crippen LogP contribution in [0.4, 0.5) is 0 Å². The summed E-state index contributed by atoms with van der Waals surface area (Å²) in [6.07, 6.45) is 3.73. The van der Waals surface area contributed by atoms with E-state index in [1.165, 1.54) is 12.8 Å². The monoisotopic (exact) mass is 192 g/mol. The molecule has 0 aromatic rings. The normalized spacial score (nSPS) is 12.2. The summed E-state index contributed by atoms with van der Waals surface area (Å²) in [5.41, 5.74) is 0. The van der Waals surface area contributed by atoms with Crippen molar-refractivity contribution >= 4 is 25.0 Å². The lowest BCUT2D eigenvalue weighted by Gasteiger charge is -2.06. The minimum absolute atomic E-state index is 0. The average Bonchev–Trinajstić information content (AvgIpc) is 1.83. The second-order valence-corrected chi connectivity index (χ2v) is 2.09. The fourth-order valence-corrected chi connectivity index (χ4v) is 0.560. The van der Waals surface area contributed by atoms with Gasteiger partial charge < -0.3 is 4.65 Å². The van der Waals surface area contributed by atoms with Gasteiger partial charge in [0.25, 0.3) is 8.05 Å². The van der Waals surface area contributed by atoms with Crippen LogP contribution in [0.2, 0.25) is 0 Å². The van der Waals surface area contributed by atoms with Crippen LogP contribution in [0.1, 0.15) is 33.1 Å². The molecular formula is C6H14BBrO. The molecule has 0 bridgehead atoms. The highest BCUT2D eigenvalue weighted by Crippen LogP contribution is 2.00. The first-order chi connectivity index (χ1) is 3.81. The van der Waals surface area contributed by atoms with Crippen LogP contribution in [-0.2, 0) is 4.65 Å². The lowest BCUT2D eigenvalue weighted by molar-refractivity contribution is 0.228. The Morgan fingerprint density at radius 3 is 2.44 bits per heavy atom. The number of unbranched alkanes of at least 4 members (excludes halogenated alkanes) is 1. The van der Waals surface area contributed by atoms with E-state index in [2.05, 4.69) is 11.6 Å². The van der Waals surface area contributed by atoms with Gasteiger partial charge >= 0.3 is 0 Å². The molecule has 1 unspecified atom stereocenters. The van der Waals surface area contributed by atoms with Crippen molar-refractivity contribution in [2.75, 3.05) is 0 Å². The molecule has 0 aromatic carbocycles. The van der Waals surface area contributed by atoms with E-state index in [0.29, 0.717) is 0 Å². The summed E-state index contributed by atoms with van der Waals surface area (Å²) < 4.78 is 4.55. The summed E-state index contributed by atoms with van der Waals surface area (Å²) >= 11 is 0. The predicted octanol–water partition coefficient (Wildman–Crippen LogP) is 2.24. The van der Waals surface area contributed by atoms with Crippen molar-refractivity contribution in [3.8, 4) is 0 Å². The third-order valence-electron chi connectivity index (χ3n) is 1.20. The average molecular weight is 193 g/mol. The number of halogens is 1.